The minimum absolute atomic E-state index is 0.218. The predicted molar refractivity (Wildman–Crippen MR) is 75.0 cm³/mol. The molecule has 0 spiro atoms. The Morgan fingerprint density at radius 3 is 1.94 bits per heavy atom. The van der Waals surface area contributed by atoms with Gasteiger partial charge in [0, 0.05) is 0 Å². The van der Waals surface area contributed by atoms with Gasteiger partial charge in [0.2, 0.25) is 0 Å². The van der Waals surface area contributed by atoms with Crippen molar-refractivity contribution in [3.05, 3.63) is 77.6 Å². The van der Waals surface area contributed by atoms with Gasteiger partial charge in [-0.25, -0.2) is 4.39 Å². The third kappa shape index (κ3) is 2.86. The fraction of sp³-hybridized carbons (Fsp3) is 0.176. The van der Waals surface area contributed by atoms with Crippen LogP contribution in [0.1, 0.15) is 30.0 Å². The van der Waals surface area contributed by atoms with E-state index < -0.39 is 0 Å². The lowest BCUT2D eigenvalue weighted by Gasteiger charge is -2.07. The molecule has 18 heavy (non-hydrogen) atoms. The van der Waals surface area contributed by atoms with Crippen molar-refractivity contribution in [2.45, 2.75) is 19.8 Å². The lowest BCUT2D eigenvalue weighted by molar-refractivity contribution is 0.627. The topological polar surface area (TPSA) is 0 Å². The number of halogens is 1. The molecule has 0 heterocycles. The molecule has 1 heteroatoms. The Bertz CT molecular complexity index is 521. The van der Waals surface area contributed by atoms with Gasteiger partial charge in [0.15, 0.2) is 0 Å². The summed E-state index contributed by atoms with van der Waals surface area (Å²) in [5.74, 6) is -0.218. The monoisotopic (exact) mass is 240 g/mol. The van der Waals surface area contributed by atoms with E-state index in [1.54, 1.807) is 12.1 Å². The van der Waals surface area contributed by atoms with Gasteiger partial charge in [-0.05, 0) is 40.8 Å². The maximum atomic E-state index is 12.9. The summed E-state index contributed by atoms with van der Waals surface area (Å²) in [7, 11) is 0. The number of rotatable bonds is 4. The van der Waals surface area contributed by atoms with Crippen LogP contribution in [0.15, 0.2) is 55.1 Å². The molecule has 0 fully saturated rings. The van der Waals surface area contributed by atoms with Gasteiger partial charge in [0.25, 0.3) is 0 Å². The van der Waals surface area contributed by atoms with Crippen LogP contribution >= 0.6 is 0 Å². The van der Waals surface area contributed by atoms with Crippen LogP contribution in [-0.2, 0) is 6.42 Å². The van der Waals surface area contributed by atoms with Crippen LogP contribution in [0.2, 0.25) is 0 Å². The molecule has 0 aliphatic carbocycles. The molecule has 0 atom stereocenters. The zero-order valence-electron chi connectivity index (χ0n) is 10.6. The highest BCUT2D eigenvalue weighted by Crippen LogP contribution is 2.22. The molecule has 0 aliphatic heterocycles. The Morgan fingerprint density at radius 1 is 0.944 bits per heavy atom. The first-order valence-electron chi connectivity index (χ1n) is 6.25. The van der Waals surface area contributed by atoms with Crippen LogP contribution in [0, 0.1) is 5.82 Å². The van der Waals surface area contributed by atoms with E-state index in [1.807, 2.05) is 0 Å². The van der Waals surface area contributed by atoms with Crippen molar-refractivity contribution in [1.82, 2.24) is 0 Å². The predicted octanol–water partition coefficient (Wildman–Crippen LogP) is 4.84. The maximum absolute atomic E-state index is 12.9. The molecule has 0 aliphatic rings. The van der Waals surface area contributed by atoms with Crippen LogP contribution < -0.4 is 0 Å². The number of hydrogen-bond donors (Lipinski definition) is 0. The summed E-state index contributed by atoms with van der Waals surface area (Å²) in [6, 6.07) is 14.9. The van der Waals surface area contributed by atoms with E-state index in [2.05, 4.69) is 37.8 Å². The molecular weight excluding hydrogens is 223 g/mol. The summed E-state index contributed by atoms with van der Waals surface area (Å²) in [5.41, 5.74) is 4.31. The Kier molecular flexibility index (Phi) is 3.93. The summed E-state index contributed by atoms with van der Waals surface area (Å²) in [6.07, 6.45) is 2.25. The van der Waals surface area contributed by atoms with Gasteiger partial charge in [-0.3, -0.25) is 0 Å². The van der Waals surface area contributed by atoms with E-state index in [-0.39, 0.29) is 5.82 Å². The summed E-state index contributed by atoms with van der Waals surface area (Å²) in [4.78, 5) is 0. The highest BCUT2D eigenvalue weighted by Gasteiger charge is 2.02. The van der Waals surface area contributed by atoms with Crippen LogP contribution in [0.3, 0.4) is 0 Å². The van der Waals surface area contributed by atoms with E-state index in [4.69, 9.17) is 0 Å². The van der Waals surface area contributed by atoms with Crippen LogP contribution in [0.5, 0.6) is 0 Å². The molecule has 2 rings (SSSR count). The summed E-state index contributed by atoms with van der Waals surface area (Å²) >= 11 is 0. The van der Waals surface area contributed by atoms with E-state index in [0.29, 0.717) is 0 Å². The average Bonchev–Trinajstić information content (AvgIpc) is 2.40. The molecule has 0 bridgehead atoms. The van der Waals surface area contributed by atoms with Crippen molar-refractivity contribution >= 4 is 5.57 Å². The first kappa shape index (κ1) is 12.6. The molecule has 0 nitrogen and oxygen atoms in total. The zero-order chi connectivity index (χ0) is 13.0. The lowest BCUT2D eigenvalue weighted by atomic mass is 9.98. The molecule has 0 aromatic heterocycles. The maximum Gasteiger partial charge on any atom is 0.123 e. The van der Waals surface area contributed by atoms with Gasteiger partial charge in [-0.15, -0.1) is 0 Å². The van der Waals surface area contributed by atoms with Crippen molar-refractivity contribution in [3.63, 3.8) is 0 Å². The van der Waals surface area contributed by atoms with E-state index in [9.17, 15) is 4.39 Å². The minimum atomic E-state index is -0.218. The third-order valence-corrected chi connectivity index (χ3v) is 3.03. The smallest absolute Gasteiger partial charge is 0.123 e. The molecule has 0 saturated heterocycles. The molecule has 0 unspecified atom stereocenters. The largest absolute Gasteiger partial charge is 0.207 e. The molecule has 0 radical (unpaired) electrons. The van der Waals surface area contributed by atoms with Crippen LogP contribution in [0.4, 0.5) is 4.39 Å². The van der Waals surface area contributed by atoms with E-state index in [1.165, 1.54) is 17.7 Å². The molecule has 0 saturated carbocycles. The van der Waals surface area contributed by atoms with Crippen molar-refractivity contribution < 1.29 is 4.39 Å². The number of aryl methyl sites for hydroxylation is 1. The summed E-state index contributed by atoms with van der Waals surface area (Å²) in [6.45, 7) is 6.25. The van der Waals surface area contributed by atoms with E-state index in [0.717, 1.165) is 29.5 Å². The lowest BCUT2D eigenvalue weighted by Crippen LogP contribution is -1.88. The average molecular weight is 240 g/mol. The molecule has 92 valence electrons. The van der Waals surface area contributed by atoms with Gasteiger partial charge in [0.05, 0.1) is 0 Å². The van der Waals surface area contributed by atoms with Gasteiger partial charge in [0.1, 0.15) is 5.82 Å². The van der Waals surface area contributed by atoms with Crippen LogP contribution in [-0.4, -0.2) is 0 Å². The fourth-order valence-electron chi connectivity index (χ4n) is 1.98. The highest BCUT2D eigenvalue weighted by molar-refractivity contribution is 5.77. The molecule has 2 aromatic rings. The molecule has 2 aromatic carbocycles. The quantitative estimate of drug-likeness (QED) is 0.717. The fourth-order valence-corrected chi connectivity index (χ4v) is 1.98. The van der Waals surface area contributed by atoms with Crippen molar-refractivity contribution in [2.24, 2.45) is 0 Å². The minimum Gasteiger partial charge on any atom is -0.207 e. The van der Waals surface area contributed by atoms with Crippen molar-refractivity contribution in [3.8, 4) is 0 Å². The van der Waals surface area contributed by atoms with Crippen LogP contribution in [0.25, 0.3) is 5.57 Å². The number of benzene rings is 2. The Balaban J connectivity index is 2.20. The standard InChI is InChI=1S/C17H17F/c1-3-4-14-5-7-15(8-6-14)13(2)16-9-11-17(18)12-10-16/h5-12H,2-4H2,1H3. The van der Waals surface area contributed by atoms with E-state index >= 15 is 0 Å². The van der Waals surface area contributed by atoms with Gasteiger partial charge >= 0.3 is 0 Å². The first-order valence-corrected chi connectivity index (χ1v) is 6.25. The Morgan fingerprint density at radius 2 is 1.44 bits per heavy atom. The molecule has 0 N–H and O–H groups in total. The van der Waals surface area contributed by atoms with Gasteiger partial charge < -0.3 is 0 Å². The van der Waals surface area contributed by atoms with Crippen molar-refractivity contribution in [2.75, 3.05) is 0 Å². The Labute approximate surface area is 108 Å². The second-order valence-electron chi connectivity index (χ2n) is 4.43. The molecular formula is C17H17F. The normalized spacial score (nSPS) is 10.3. The SMILES string of the molecule is C=C(c1ccc(F)cc1)c1ccc(CCC)cc1. The van der Waals surface area contributed by atoms with Crippen molar-refractivity contribution in [1.29, 1.82) is 0 Å². The second kappa shape index (κ2) is 5.63. The highest BCUT2D eigenvalue weighted by atomic mass is 19.1. The molecule has 0 amide bonds. The Hall–Kier alpha value is -1.89. The van der Waals surface area contributed by atoms with Gasteiger partial charge in [-0.2, -0.15) is 0 Å². The summed E-state index contributed by atoms with van der Waals surface area (Å²) < 4.78 is 12.9. The number of hydrogen-bond acceptors (Lipinski definition) is 0. The third-order valence-electron chi connectivity index (χ3n) is 3.03. The van der Waals surface area contributed by atoms with Gasteiger partial charge in [-0.1, -0.05) is 56.3 Å². The summed E-state index contributed by atoms with van der Waals surface area (Å²) in [5, 5.41) is 0. The zero-order valence-corrected chi connectivity index (χ0v) is 10.6. The first-order chi connectivity index (χ1) is 8.70. The second-order valence-corrected chi connectivity index (χ2v) is 4.43.